The van der Waals surface area contributed by atoms with Gasteiger partial charge in [0.25, 0.3) is 22.6 Å². The molecule has 83 heavy (non-hydrogen) atoms. The second kappa shape index (κ2) is 28.2. The molecule has 0 aromatic carbocycles. The van der Waals surface area contributed by atoms with E-state index in [0.717, 1.165) is 50.7 Å². The second-order valence-corrected chi connectivity index (χ2v) is 22.8. The van der Waals surface area contributed by atoms with Crippen molar-refractivity contribution in [2.24, 2.45) is 54.7 Å². The maximum atomic E-state index is 13.8. The summed E-state index contributed by atoms with van der Waals surface area (Å²) in [4.78, 5) is 81.0. The first-order chi connectivity index (χ1) is 39.2. The number of carbonyl (C=O) groups excluding carboxylic acids is 1. The Hall–Kier alpha value is -8.21. The van der Waals surface area contributed by atoms with Crippen molar-refractivity contribution in [1.29, 1.82) is 0 Å². The van der Waals surface area contributed by atoms with Crippen LogP contribution in [0.2, 0.25) is 0 Å². The quantitative estimate of drug-likeness (QED) is 0.0829. The van der Waals surface area contributed by atoms with Crippen LogP contribution in [0.25, 0.3) is 11.1 Å². The number of aromatic nitrogens is 13. The van der Waals surface area contributed by atoms with Gasteiger partial charge < -0.3 is 68.1 Å². The number of hydrogen-bond acceptors (Lipinski definition) is 15. The molecule has 0 saturated heterocycles. The van der Waals surface area contributed by atoms with Crippen molar-refractivity contribution >= 4 is 94.2 Å². The summed E-state index contributed by atoms with van der Waals surface area (Å²) in [5, 5.41) is 23.6. The lowest BCUT2D eigenvalue weighted by molar-refractivity contribution is -0.389. The standard InChI is InChI=1S/C29H33N7O2.C10H11BrN4O.C6H5Br2NO.C4H5N3O2.C4H7N3.C2H6O/c1-6-20-21(19-11-22(27(37)34(5)15-19)32-25-16-33(4)17-31-25)7-8-30-26(20)36-10-9-35-23(28(36)38)12-18-13-29(2,3)14-24(18)35;1-14-5-9(12-6-14)13-8-3-7(11)4-15(2)10(8)16;1-9-3-4(7)2-5(8)6(9)10;1-6-2-4(5-3-6)7(8)9;1-7-2-4(5)6-3-7;1-2-3/h7-8,11-12,15-17,32H,6,9-10,13-14H2,1-5H3;3-6,13H,1-2H3;2-3H,1H3;2-3H,1H3;2-3H,5H2,1H3;3H,2H2,1H3. The largest absolute Gasteiger partial charge is 0.397 e. The molecule has 1 aliphatic carbocycles. The number of amides is 1. The summed E-state index contributed by atoms with van der Waals surface area (Å²) >= 11 is 9.73. The Morgan fingerprint density at radius 2 is 1.20 bits per heavy atom. The third kappa shape index (κ3) is 16.7. The van der Waals surface area contributed by atoms with Crippen LogP contribution in [0.5, 0.6) is 0 Å². The molecule has 9 aromatic rings. The molecule has 0 radical (unpaired) electrons. The molecule has 28 heteroatoms. The van der Waals surface area contributed by atoms with E-state index in [1.807, 2.05) is 59.7 Å². The first kappa shape index (κ1) is 64.0. The van der Waals surface area contributed by atoms with Crippen molar-refractivity contribution in [2.75, 3.05) is 34.4 Å². The topological polar surface area (TPSA) is 289 Å². The summed E-state index contributed by atoms with van der Waals surface area (Å²) in [6, 6.07) is 9.36. The first-order valence-corrected chi connectivity index (χ1v) is 28.2. The number of halogens is 3. The van der Waals surface area contributed by atoms with Crippen LogP contribution >= 0.6 is 47.8 Å². The van der Waals surface area contributed by atoms with Gasteiger partial charge in [-0.25, -0.2) is 19.9 Å². The highest BCUT2D eigenvalue weighted by molar-refractivity contribution is 9.11. The fourth-order valence-electron chi connectivity index (χ4n) is 8.94. The molecule has 25 nitrogen and oxygen atoms in total. The number of imidazole rings is 4. The molecule has 0 unspecified atom stereocenters. The zero-order valence-corrected chi connectivity index (χ0v) is 52.6. The highest BCUT2D eigenvalue weighted by atomic mass is 79.9. The van der Waals surface area contributed by atoms with E-state index < -0.39 is 4.92 Å². The number of hydrogen-bond donors (Lipinski definition) is 4. The van der Waals surface area contributed by atoms with E-state index >= 15 is 0 Å². The van der Waals surface area contributed by atoms with Crippen molar-refractivity contribution in [2.45, 2.75) is 53.5 Å². The van der Waals surface area contributed by atoms with E-state index in [2.05, 4.69) is 110 Å². The van der Waals surface area contributed by atoms with Gasteiger partial charge in [-0.1, -0.05) is 20.8 Å². The van der Waals surface area contributed by atoms with Gasteiger partial charge in [0, 0.05) is 138 Å². The Balaban J connectivity index is 0.000000199. The van der Waals surface area contributed by atoms with E-state index in [-0.39, 0.29) is 40.4 Å². The number of carbonyl (C=O) groups is 1. The van der Waals surface area contributed by atoms with Crippen LogP contribution in [-0.2, 0) is 75.1 Å². The molecule has 1 amide bonds. The molecule has 11 rings (SSSR count). The van der Waals surface area contributed by atoms with Crippen molar-refractivity contribution < 1.29 is 14.8 Å². The number of nitro groups is 1. The van der Waals surface area contributed by atoms with Crippen LogP contribution in [-0.4, -0.2) is 90.5 Å². The molecule has 0 spiro atoms. The fraction of sp³-hybridized carbons (Fsp3) is 0.327. The summed E-state index contributed by atoms with van der Waals surface area (Å²) in [5.74, 6) is 2.40. The van der Waals surface area contributed by atoms with Crippen LogP contribution in [0.15, 0.2) is 133 Å². The Labute approximate surface area is 503 Å². The number of nitrogens with one attached hydrogen (secondary N) is 2. The van der Waals surface area contributed by atoms with Gasteiger partial charge in [0.05, 0.1) is 23.5 Å². The fourth-order valence-corrected chi connectivity index (χ4v) is 10.8. The number of aryl methyl sites for hydroxylation is 7. The molecule has 0 fully saturated rings. The Morgan fingerprint density at radius 1 is 0.675 bits per heavy atom. The zero-order valence-electron chi connectivity index (χ0n) is 47.9. The van der Waals surface area contributed by atoms with Gasteiger partial charge in [-0.3, -0.25) is 24.1 Å². The SMILES string of the molecule is CCO.CCc1c(-c2cc(Nc3cn(C)cn3)c(=O)n(C)c2)ccnc1N1CCn2c(cc3c2CC(C)(C)C3)C1=O.Cn1cc(Br)cc(Br)c1=O.Cn1cnc(N)c1.Cn1cnc(Nc2cc(Br)cn(C)c2=O)c1.Cn1cnc([N+](=O)[O-])c1. The van der Waals surface area contributed by atoms with Crippen LogP contribution in [0.4, 0.5) is 40.5 Å². The minimum Gasteiger partial charge on any atom is -0.397 e. The van der Waals surface area contributed by atoms with E-state index in [0.29, 0.717) is 52.1 Å². The minimum atomic E-state index is -0.528. The van der Waals surface area contributed by atoms with Gasteiger partial charge in [-0.2, -0.15) is 0 Å². The normalized spacial score (nSPS) is 12.6. The predicted octanol–water partition coefficient (Wildman–Crippen LogP) is 7.94. The third-order valence-electron chi connectivity index (χ3n) is 12.6. The van der Waals surface area contributed by atoms with Crippen LogP contribution in [0.3, 0.4) is 0 Å². The number of aliphatic hydroxyl groups is 1. The van der Waals surface area contributed by atoms with Crippen LogP contribution < -0.4 is 37.9 Å². The lowest BCUT2D eigenvalue weighted by atomic mass is 9.90. The predicted molar refractivity (Wildman–Crippen MR) is 331 cm³/mol. The molecular formula is C55H67Br3N18O7. The van der Waals surface area contributed by atoms with Crippen molar-refractivity contribution in [3.8, 4) is 11.1 Å². The average Bonchev–Trinajstić information content (AvgIpc) is 2.62. The number of rotatable bonds is 8. The number of nitrogens with two attached hydrogens (primary N) is 1. The number of aliphatic hydroxyl groups excluding tert-OH is 1. The van der Waals surface area contributed by atoms with E-state index in [4.69, 9.17) is 15.8 Å². The van der Waals surface area contributed by atoms with Gasteiger partial charge in [0.1, 0.15) is 46.5 Å². The zero-order chi connectivity index (χ0) is 61.0. The van der Waals surface area contributed by atoms with Crippen LogP contribution in [0, 0.1) is 15.5 Å². The molecule has 1 aliphatic heterocycles. The highest BCUT2D eigenvalue weighted by Crippen LogP contribution is 2.40. The molecule has 2 aliphatic rings. The summed E-state index contributed by atoms with van der Waals surface area (Å²) in [6.45, 7) is 9.93. The molecule has 0 atom stereocenters. The minimum absolute atomic E-state index is 0.000718. The lowest BCUT2D eigenvalue weighted by Crippen LogP contribution is -2.41. The van der Waals surface area contributed by atoms with Gasteiger partial charge in [0.15, 0.2) is 0 Å². The second-order valence-electron chi connectivity index (χ2n) is 20.1. The molecule has 5 N–H and O–H groups in total. The lowest BCUT2D eigenvalue weighted by Gasteiger charge is -2.31. The first-order valence-electron chi connectivity index (χ1n) is 25.8. The summed E-state index contributed by atoms with van der Waals surface area (Å²) in [6.07, 6.45) is 22.9. The number of pyridine rings is 4. The molecule has 10 heterocycles. The Bertz CT molecular complexity index is 3880. The van der Waals surface area contributed by atoms with Gasteiger partial charge in [-0.05, 0) is 131 Å². The van der Waals surface area contributed by atoms with Gasteiger partial charge in [0.2, 0.25) is 6.33 Å². The molecule has 9 aromatic heterocycles. The van der Waals surface area contributed by atoms with Crippen molar-refractivity contribution in [1.82, 2.24) is 61.5 Å². The van der Waals surface area contributed by atoms with E-state index in [1.165, 1.54) is 37.5 Å². The van der Waals surface area contributed by atoms with Crippen molar-refractivity contribution in [3.63, 3.8) is 0 Å². The van der Waals surface area contributed by atoms with E-state index in [1.54, 1.807) is 106 Å². The maximum Gasteiger partial charge on any atom is 0.381 e. The van der Waals surface area contributed by atoms with Crippen molar-refractivity contribution in [3.05, 3.63) is 182 Å². The summed E-state index contributed by atoms with van der Waals surface area (Å²) in [5.41, 5.74) is 12.4. The highest BCUT2D eigenvalue weighted by Gasteiger charge is 2.37. The van der Waals surface area contributed by atoms with Gasteiger partial charge in [-0.15, -0.1) is 0 Å². The average molecular weight is 1330 g/mol. The Kier molecular flexibility index (Phi) is 21.7. The third-order valence-corrected chi connectivity index (χ3v) is 14.0. The number of fused-ring (bicyclic) bond motifs is 3. The van der Waals surface area contributed by atoms with E-state index in [9.17, 15) is 29.3 Å². The summed E-state index contributed by atoms with van der Waals surface area (Å²) in [7, 11) is 12.5. The number of anilines is 6. The number of nitrogen functional groups attached to an aromatic ring is 1. The molecule has 0 bridgehead atoms. The molecule has 440 valence electrons. The number of nitrogens with zero attached hydrogens (tertiary/aromatic N) is 15. The molecule has 0 saturated carbocycles. The van der Waals surface area contributed by atoms with Crippen LogP contribution in [0.1, 0.15) is 55.0 Å². The monoisotopic (exact) mass is 1330 g/mol. The van der Waals surface area contributed by atoms with Gasteiger partial charge >= 0.3 is 5.82 Å². The smallest absolute Gasteiger partial charge is 0.381 e. The maximum absolute atomic E-state index is 13.8. The Morgan fingerprint density at radius 3 is 1.69 bits per heavy atom. The summed E-state index contributed by atoms with van der Waals surface area (Å²) < 4.78 is 16.1. The molecular weight excluding hydrogens is 1260 g/mol.